The number of nitrogens with zero attached hydrogens (tertiary/aromatic N) is 1. The number of aliphatic hydroxyl groups excluding tert-OH is 1. The Kier molecular flexibility index (Phi) is 5.66. The number of rotatable bonds is 3. The van der Waals surface area contributed by atoms with Crippen molar-refractivity contribution >= 4 is 52.1 Å². The molecule has 1 unspecified atom stereocenters. The zero-order valence-electron chi connectivity index (χ0n) is 12.2. The standard InChI is InChI=1S/C9H8Cl3NO2.C6H3NO2/c1-4(14)9(15)13-5-2-6(10)8(12)7(11)3-5;8-7(9)6-3-4-1-2-5(4)6/h2-4,14H,1H3,(H,13,15);1-3H. The van der Waals surface area contributed by atoms with Crippen LogP contribution in [0.5, 0.6) is 0 Å². The van der Waals surface area contributed by atoms with E-state index in [-0.39, 0.29) is 25.7 Å². The maximum absolute atomic E-state index is 11.1. The summed E-state index contributed by atoms with van der Waals surface area (Å²) in [7, 11) is 0. The van der Waals surface area contributed by atoms with Gasteiger partial charge in [0.2, 0.25) is 0 Å². The predicted octanol–water partition coefficient (Wildman–Crippen LogP) is 4.16. The first-order chi connectivity index (χ1) is 11.2. The molecule has 2 aliphatic carbocycles. The molecule has 0 fully saturated rings. The zero-order chi connectivity index (χ0) is 18.0. The van der Waals surface area contributed by atoms with Crippen LogP contribution in [0.15, 0.2) is 30.3 Å². The van der Waals surface area contributed by atoms with Gasteiger partial charge in [0, 0.05) is 11.8 Å². The van der Waals surface area contributed by atoms with Crippen LogP contribution in [-0.4, -0.2) is 22.0 Å². The van der Waals surface area contributed by atoms with Gasteiger partial charge in [0.1, 0.15) is 6.10 Å². The van der Waals surface area contributed by atoms with Crippen LogP contribution >= 0.6 is 34.8 Å². The number of non-ortho nitro benzene ring substituents is 1. The topological polar surface area (TPSA) is 92.5 Å². The van der Waals surface area contributed by atoms with Crippen LogP contribution < -0.4 is 5.32 Å². The number of anilines is 1. The van der Waals surface area contributed by atoms with Gasteiger partial charge in [-0.2, -0.15) is 0 Å². The largest absolute Gasteiger partial charge is 0.384 e. The van der Waals surface area contributed by atoms with E-state index < -0.39 is 12.0 Å². The van der Waals surface area contributed by atoms with Crippen molar-refractivity contribution in [3.63, 3.8) is 0 Å². The summed E-state index contributed by atoms with van der Waals surface area (Å²) in [6.45, 7) is 1.36. The lowest BCUT2D eigenvalue weighted by atomic mass is 10.1. The second-order valence-electron chi connectivity index (χ2n) is 4.91. The summed E-state index contributed by atoms with van der Waals surface area (Å²) in [5.74, 6) is -0.538. The Hall–Kier alpha value is -1.86. The second-order valence-corrected chi connectivity index (χ2v) is 6.10. The first-order valence-corrected chi connectivity index (χ1v) is 7.76. The average molecular weight is 390 g/mol. The van der Waals surface area contributed by atoms with Gasteiger partial charge >= 0.3 is 0 Å². The van der Waals surface area contributed by atoms with E-state index in [1.54, 1.807) is 12.1 Å². The van der Waals surface area contributed by atoms with Gasteiger partial charge in [-0.1, -0.05) is 40.9 Å². The molecule has 1 amide bonds. The molecule has 0 saturated heterocycles. The highest BCUT2D eigenvalue weighted by atomic mass is 35.5. The second kappa shape index (κ2) is 7.36. The van der Waals surface area contributed by atoms with E-state index in [1.165, 1.54) is 19.1 Å². The third-order valence-electron chi connectivity index (χ3n) is 3.14. The molecule has 126 valence electrons. The van der Waals surface area contributed by atoms with Crippen molar-refractivity contribution in [3.05, 3.63) is 66.0 Å². The number of carbonyl (C=O) groups excluding carboxylic acids is 1. The molecule has 6 nitrogen and oxygen atoms in total. The normalized spacial score (nSPS) is 11.9. The lowest BCUT2D eigenvalue weighted by Gasteiger charge is -2.08. The number of amides is 1. The third kappa shape index (κ3) is 3.96. The Morgan fingerprint density at radius 1 is 1.21 bits per heavy atom. The van der Waals surface area contributed by atoms with Crippen molar-refractivity contribution in [1.82, 2.24) is 0 Å². The number of nitro groups is 1. The van der Waals surface area contributed by atoms with Crippen molar-refractivity contribution in [3.8, 4) is 0 Å². The predicted molar refractivity (Wildman–Crippen MR) is 92.6 cm³/mol. The van der Waals surface area contributed by atoms with Gasteiger partial charge in [-0.05, 0) is 30.3 Å². The number of nitro benzene ring substituents is 1. The lowest BCUT2D eigenvalue weighted by molar-refractivity contribution is -0.386. The van der Waals surface area contributed by atoms with Gasteiger partial charge in [0.25, 0.3) is 11.6 Å². The number of benzene rings is 2. The van der Waals surface area contributed by atoms with Crippen LogP contribution in [0.25, 0.3) is 0 Å². The number of hydrogen-bond donors (Lipinski definition) is 2. The summed E-state index contributed by atoms with van der Waals surface area (Å²) in [5.41, 5.74) is 0.646. The first kappa shape index (κ1) is 18.5. The summed E-state index contributed by atoms with van der Waals surface area (Å²) in [5, 5.41) is 24.0. The Bertz CT molecular complexity index is 892. The Balaban J connectivity index is 0.000000194. The minimum Gasteiger partial charge on any atom is -0.384 e. The molecule has 1 atom stereocenters. The molecule has 9 heteroatoms. The average Bonchev–Trinajstić information content (AvgIpc) is 2.47. The fourth-order valence-corrected chi connectivity index (χ4v) is 2.39. The van der Waals surface area contributed by atoms with E-state index in [4.69, 9.17) is 39.9 Å². The molecule has 2 aliphatic rings. The fourth-order valence-electron chi connectivity index (χ4n) is 1.79. The van der Waals surface area contributed by atoms with E-state index in [9.17, 15) is 14.9 Å². The molecule has 3 rings (SSSR count). The van der Waals surface area contributed by atoms with Crippen molar-refractivity contribution in [2.45, 2.75) is 13.0 Å². The number of aliphatic hydroxyl groups is 1. The highest BCUT2D eigenvalue weighted by molar-refractivity contribution is 6.48. The molecule has 24 heavy (non-hydrogen) atoms. The van der Waals surface area contributed by atoms with E-state index in [0.29, 0.717) is 5.69 Å². The SMILES string of the molecule is CC(O)C(=O)Nc1cc(Cl)c(Cl)c(Cl)c1.O=[N+]([O-])c1cc2ccc1=2. The van der Waals surface area contributed by atoms with Crippen molar-refractivity contribution in [2.24, 2.45) is 0 Å². The maximum atomic E-state index is 11.1. The van der Waals surface area contributed by atoms with Crippen molar-refractivity contribution in [2.75, 3.05) is 5.32 Å². The van der Waals surface area contributed by atoms with Crippen LogP contribution in [0.2, 0.25) is 15.1 Å². The summed E-state index contributed by atoms with van der Waals surface area (Å²) >= 11 is 17.2. The van der Waals surface area contributed by atoms with Gasteiger partial charge in [0.15, 0.2) is 0 Å². The summed E-state index contributed by atoms with van der Waals surface area (Å²) in [6.07, 6.45) is -1.10. The van der Waals surface area contributed by atoms with Gasteiger partial charge in [-0.15, -0.1) is 0 Å². The van der Waals surface area contributed by atoms with Crippen molar-refractivity contribution < 1.29 is 14.8 Å². The van der Waals surface area contributed by atoms with Gasteiger partial charge < -0.3 is 10.4 Å². The highest BCUT2D eigenvalue weighted by Gasteiger charge is 2.15. The van der Waals surface area contributed by atoms with Gasteiger partial charge in [-0.3, -0.25) is 14.9 Å². The minimum absolute atomic E-state index is 0.230. The number of carbonyl (C=O) groups is 1. The van der Waals surface area contributed by atoms with Gasteiger partial charge in [-0.25, -0.2) is 0 Å². The van der Waals surface area contributed by atoms with Crippen LogP contribution in [-0.2, 0) is 4.79 Å². The van der Waals surface area contributed by atoms with Crippen LogP contribution in [0.1, 0.15) is 6.92 Å². The number of halogens is 3. The molecule has 0 aromatic heterocycles. The Morgan fingerprint density at radius 3 is 2.08 bits per heavy atom. The Labute approximate surface area is 151 Å². The summed E-state index contributed by atoms with van der Waals surface area (Å²) < 4.78 is 0. The van der Waals surface area contributed by atoms with E-state index in [2.05, 4.69) is 5.32 Å². The molecule has 1 aromatic rings. The van der Waals surface area contributed by atoms with Crippen LogP contribution in [0.3, 0.4) is 0 Å². The molecule has 2 N–H and O–H groups in total. The fraction of sp³-hybridized carbons (Fsp3) is 0.133. The van der Waals surface area contributed by atoms with Crippen LogP contribution in [0.4, 0.5) is 11.4 Å². The minimum atomic E-state index is -1.10. The molecule has 0 saturated carbocycles. The molecular formula is C15H11Cl3N2O4. The quantitative estimate of drug-likeness (QED) is 0.399. The Morgan fingerprint density at radius 2 is 1.79 bits per heavy atom. The number of nitrogens with one attached hydrogen (secondary N) is 1. The van der Waals surface area contributed by atoms with Crippen LogP contribution in [0, 0.1) is 20.6 Å². The monoisotopic (exact) mass is 388 g/mol. The smallest absolute Gasteiger partial charge is 0.277 e. The molecule has 1 aromatic carbocycles. The third-order valence-corrected chi connectivity index (χ3v) is 4.33. The first-order valence-electron chi connectivity index (χ1n) is 6.63. The summed E-state index contributed by atoms with van der Waals surface area (Å²) in [6, 6.07) is 8.11. The molecule has 0 spiro atoms. The molecular weight excluding hydrogens is 379 g/mol. The molecule has 0 radical (unpaired) electrons. The lowest BCUT2D eigenvalue weighted by Crippen LogP contribution is -2.24. The highest BCUT2D eigenvalue weighted by Crippen LogP contribution is 2.33. The molecule has 0 heterocycles. The van der Waals surface area contributed by atoms with E-state index >= 15 is 0 Å². The van der Waals surface area contributed by atoms with E-state index in [1.807, 2.05) is 6.07 Å². The molecule has 0 aliphatic heterocycles. The van der Waals surface area contributed by atoms with Crippen molar-refractivity contribution in [1.29, 1.82) is 0 Å². The zero-order valence-corrected chi connectivity index (χ0v) is 14.5. The summed E-state index contributed by atoms with van der Waals surface area (Å²) in [4.78, 5) is 20.8. The number of hydrogen-bond acceptors (Lipinski definition) is 4. The maximum Gasteiger partial charge on any atom is 0.277 e. The van der Waals surface area contributed by atoms with Gasteiger partial charge in [0.05, 0.1) is 25.2 Å². The molecule has 0 bridgehead atoms. The van der Waals surface area contributed by atoms with E-state index in [0.717, 1.165) is 10.4 Å².